The molecule has 0 radical (unpaired) electrons. The van der Waals surface area contributed by atoms with Crippen molar-refractivity contribution in [1.82, 2.24) is 0 Å². The van der Waals surface area contributed by atoms with Gasteiger partial charge in [-0.2, -0.15) is 0 Å². The molecule has 0 bridgehead atoms. The minimum atomic E-state index is -0.595. The molecule has 5 heteroatoms. The van der Waals surface area contributed by atoms with Crippen molar-refractivity contribution in [2.45, 2.75) is 32.8 Å². The first-order valence-electron chi connectivity index (χ1n) is 9.04. The molecule has 2 aromatic carbocycles. The molecule has 0 spiro atoms. The van der Waals surface area contributed by atoms with Gasteiger partial charge in [-0.3, -0.25) is 4.79 Å². The molecule has 1 atom stereocenters. The maximum absolute atomic E-state index is 12.4. The maximum Gasteiger partial charge on any atom is 0.265 e. The van der Waals surface area contributed by atoms with Gasteiger partial charge in [0.15, 0.2) is 6.10 Å². The summed E-state index contributed by atoms with van der Waals surface area (Å²) < 4.78 is 10.8. The number of ether oxygens (including phenoxy) is 2. The Labute approximate surface area is 154 Å². The topological polar surface area (TPSA) is 50.8 Å². The third-order valence-corrected chi connectivity index (χ3v) is 4.65. The average Bonchev–Trinajstić information content (AvgIpc) is 3.16. The van der Waals surface area contributed by atoms with Gasteiger partial charge in [-0.15, -0.1) is 0 Å². The Morgan fingerprint density at radius 3 is 2.35 bits per heavy atom. The number of aryl methyl sites for hydroxylation is 1. The predicted molar refractivity (Wildman–Crippen MR) is 104 cm³/mol. The van der Waals surface area contributed by atoms with E-state index in [1.54, 1.807) is 38.3 Å². The Bertz CT molecular complexity index is 752. The summed E-state index contributed by atoms with van der Waals surface area (Å²) in [7, 11) is 1.61. The Kier molecular flexibility index (Phi) is 5.66. The molecule has 0 aromatic heterocycles. The second kappa shape index (κ2) is 8.13. The van der Waals surface area contributed by atoms with Crippen molar-refractivity contribution in [3.8, 4) is 11.5 Å². The molecule has 0 aliphatic carbocycles. The number of amides is 1. The summed E-state index contributed by atoms with van der Waals surface area (Å²) in [5.41, 5.74) is 3.22. The summed E-state index contributed by atoms with van der Waals surface area (Å²) in [6.07, 6.45) is 1.90. The molecule has 0 saturated carbocycles. The van der Waals surface area contributed by atoms with Crippen LogP contribution in [0.2, 0.25) is 0 Å². The van der Waals surface area contributed by atoms with Crippen LogP contribution in [0.5, 0.6) is 11.5 Å². The van der Waals surface area contributed by atoms with Crippen molar-refractivity contribution in [3.63, 3.8) is 0 Å². The first-order valence-corrected chi connectivity index (χ1v) is 9.04. The fourth-order valence-corrected chi connectivity index (χ4v) is 3.20. The van der Waals surface area contributed by atoms with Crippen LogP contribution in [0, 0.1) is 6.92 Å². The largest absolute Gasteiger partial charge is 0.497 e. The van der Waals surface area contributed by atoms with Crippen molar-refractivity contribution in [2.75, 3.05) is 30.4 Å². The SMILES string of the molecule is COc1ccc(OC(C)C(=O)Nc2ccc(N3CCCC3)c(C)c2)cc1. The molecule has 138 valence electrons. The summed E-state index contributed by atoms with van der Waals surface area (Å²) >= 11 is 0. The zero-order valence-corrected chi connectivity index (χ0v) is 15.6. The van der Waals surface area contributed by atoms with Crippen LogP contribution in [0.1, 0.15) is 25.3 Å². The van der Waals surface area contributed by atoms with E-state index in [1.807, 2.05) is 12.1 Å². The molecule has 3 rings (SSSR count). The zero-order chi connectivity index (χ0) is 18.5. The lowest BCUT2D eigenvalue weighted by Crippen LogP contribution is -2.30. The van der Waals surface area contributed by atoms with Crippen LogP contribution in [0.3, 0.4) is 0 Å². The fourth-order valence-electron chi connectivity index (χ4n) is 3.20. The summed E-state index contributed by atoms with van der Waals surface area (Å²) in [6, 6.07) is 13.3. The smallest absolute Gasteiger partial charge is 0.265 e. The van der Waals surface area contributed by atoms with E-state index in [4.69, 9.17) is 9.47 Å². The van der Waals surface area contributed by atoms with E-state index < -0.39 is 6.10 Å². The average molecular weight is 354 g/mol. The lowest BCUT2D eigenvalue weighted by molar-refractivity contribution is -0.122. The standard InChI is InChI=1S/C21H26N2O3/c1-15-14-17(6-11-20(15)23-12-4-5-13-23)22-21(24)16(2)26-19-9-7-18(25-3)8-10-19/h6-11,14,16H,4-5,12-13H2,1-3H3,(H,22,24). The highest BCUT2D eigenvalue weighted by Gasteiger charge is 2.17. The molecule has 1 unspecified atom stereocenters. The number of carbonyl (C=O) groups excluding carboxylic acids is 1. The number of hydrogen-bond acceptors (Lipinski definition) is 4. The highest BCUT2D eigenvalue weighted by molar-refractivity contribution is 5.94. The van der Waals surface area contributed by atoms with Crippen LogP contribution >= 0.6 is 0 Å². The van der Waals surface area contributed by atoms with E-state index >= 15 is 0 Å². The third kappa shape index (κ3) is 4.28. The van der Waals surface area contributed by atoms with E-state index in [-0.39, 0.29) is 5.91 Å². The van der Waals surface area contributed by atoms with Crippen molar-refractivity contribution in [3.05, 3.63) is 48.0 Å². The molecule has 26 heavy (non-hydrogen) atoms. The van der Waals surface area contributed by atoms with Gasteiger partial charge in [0.05, 0.1) is 7.11 Å². The maximum atomic E-state index is 12.4. The second-order valence-electron chi connectivity index (χ2n) is 6.62. The van der Waals surface area contributed by atoms with E-state index in [0.717, 1.165) is 24.5 Å². The number of anilines is 2. The molecule has 1 aliphatic rings. The Morgan fingerprint density at radius 1 is 1.08 bits per heavy atom. The number of rotatable bonds is 6. The second-order valence-corrected chi connectivity index (χ2v) is 6.62. The first kappa shape index (κ1) is 18.1. The normalized spacial score (nSPS) is 14.8. The summed E-state index contributed by atoms with van der Waals surface area (Å²) in [5, 5.41) is 2.94. The minimum Gasteiger partial charge on any atom is -0.497 e. The molecule has 1 heterocycles. The third-order valence-electron chi connectivity index (χ3n) is 4.65. The van der Waals surface area contributed by atoms with Crippen LogP contribution in [0.4, 0.5) is 11.4 Å². The van der Waals surface area contributed by atoms with Crippen molar-refractivity contribution >= 4 is 17.3 Å². The molecule has 1 amide bonds. The number of benzene rings is 2. The van der Waals surface area contributed by atoms with Crippen LogP contribution in [-0.4, -0.2) is 32.2 Å². The number of methoxy groups -OCH3 is 1. The van der Waals surface area contributed by atoms with Gasteiger partial charge in [-0.1, -0.05) is 0 Å². The van der Waals surface area contributed by atoms with E-state index in [2.05, 4.69) is 23.2 Å². The van der Waals surface area contributed by atoms with E-state index in [9.17, 15) is 4.79 Å². The molecule has 2 aromatic rings. The summed E-state index contributed by atoms with van der Waals surface area (Å²) in [5.74, 6) is 1.21. The van der Waals surface area contributed by atoms with Crippen LogP contribution in [0.15, 0.2) is 42.5 Å². The van der Waals surface area contributed by atoms with Gasteiger partial charge in [0.1, 0.15) is 11.5 Å². The van der Waals surface area contributed by atoms with E-state index in [0.29, 0.717) is 5.75 Å². The van der Waals surface area contributed by atoms with Gasteiger partial charge < -0.3 is 19.7 Å². The van der Waals surface area contributed by atoms with Crippen molar-refractivity contribution in [2.24, 2.45) is 0 Å². The predicted octanol–water partition coefficient (Wildman–Crippen LogP) is 4.01. The highest BCUT2D eigenvalue weighted by atomic mass is 16.5. The molecule has 5 nitrogen and oxygen atoms in total. The van der Waals surface area contributed by atoms with Gasteiger partial charge in [0.25, 0.3) is 5.91 Å². The molecule has 1 fully saturated rings. The van der Waals surface area contributed by atoms with Gasteiger partial charge >= 0.3 is 0 Å². The number of carbonyl (C=O) groups is 1. The van der Waals surface area contributed by atoms with Crippen molar-refractivity contribution < 1.29 is 14.3 Å². The number of nitrogens with zero attached hydrogens (tertiary/aromatic N) is 1. The van der Waals surface area contributed by atoms with E-state index in [1.165, 1.54) is 24.1 Å². The van der Waals surface area contributed by atoms with Crippen LogP contribution < -0.4 is 19.7 Å². The monoisotopic (exact) mass is 354 g/mol. The molecular weight excluding hydrogens is 328 g/mol. The number of hydrogen-bond donors (Lipinski definition) is 1. The van der Waals surface area contributed by atoms with Crippen LogP contribution in [0.25, 0.3) is 0 Å². The Morgan fingerprint density at radius 2 is 1.73 bits per heavy atom. The number of nitrogens with one attached hydrogen (secondary N) is 1. The van der Waals surface area contributed by atoms with Gasteiger partial charge in [-0.05, 0) is 74.7 Å². The molecule has 1 N–H and O–H groups in total. The molecular formula is C21H26N2O3. The van der Waals surface area contributed by atoms with Crippen molar-refractivity contribution in [1.29, 1.82) is 0 Å². The van der Waals surface area contributed by atoms with Gasteiger partial charge in [0.2, 0.25) is 0 Å². The van der Waals surface area contributed by atoms with Gasteiger partial charge in [0, 0.05) is 24.5 Å². The Hall–Kier alpha value is -2.69. The Balaban J connectivity index is 1.60. The fraction of sp³-hybridized carbons (Fsp3) is 0.381. The van der Waals surface area contributed by atoms with Gasteiger partial charge in [-0.25, -0.2) is 0 Å². The lowest BCUT2D eigenvalue weighted by atomic mass is 10.1. The molecule has 1 aliphatic heterocycles. The quantitative estimate of drug-likeness (QED) is 0.852. The zero-order valence-electron chi connectivity index (χ0n) is 15.6. The lowest BCUT2D eigenvalue weighted by Gasteiger charge is -2.21. The summed E-state index contributed by atoms with van der Waals surface area (Å²) in [6.45, 7) is 6.05. The minimum absolute atomic E-state index is 0.172. The first-order chi connectivity index (χ1) is 12.6. The summed E-state index contributed by atoms with van der Waals surface area (Å²) in [4.78, 5) is 14.8. The van der Waals surface area contributed by atoms with Crippen LogP contribution in [-0.2, 0) is 4.79 Å². The highest BCUT2D eigenvalue weighted by Crippen LogP contribution is 2.27. The molecule has 1 saturated heterocycles.